The number of hydrogen-bond donors (Lipinski definition) is 1. The molecule has 1 aliphatic rings. The first-order valence-corrected chi connectivity index (χ1v) is 6.27. The highest BCUT2D eigenvalue weighted by molar-refractivity contribution is 5.27. The summed E-state index contributed by atoms with van der Waals surface area (Å²) in [7, 11) is 0. The molecule has 0 saturated carbocycles. The van der Waals surface area contributed by atoms with E-state index in [1.165, 1.54) is 31.4 Å². The van der Waals surface area contributed by atoms with Crippen molar-refractivity contribution < 1.29 is 5.11 Å². The van der Waals surface area contributed by atoms with Crippen molar-refractivity contribution in [3.63, 3.8) is 0 Å². The highest BCUT2D eigenvalue weighted by Gasteiger charge is 2.17. The van der Waals surface area contributed by atoms with Crippen LogP contribution in [0, 0.1) is 0 Å². The number of rotatable bonds is 3. The molecule has 0 bridgehead atoms. The predicted octanol–water partition coefficient (Wildman–Crippen LogP) is 2.81. The van der Waals surface area contributed by atoms with Crippen molar-refractivity contribution in [2.24, 2.45) is 0 Å². The third-order valence-electron chi connectivity index (χ3n) is 3.54. The minimum atomic E-state index is 0.379. The molecule has 0 spiro atoms. The fourth-order valence-corrected chi connectivity index (χ4v) is 2.47. The second kappa shape index (κ2) is 5.35. The molecule has 0 aliphatic carbocycles. The number of benzene rings is 1. The molecule has 1 aliphatic heterocycles. The van der Waals surface area contributed by atoms with Crippen LogP contribution >= 0.6 is 0 Å². The van der Waals surface area contributed by atoms with Crippen molar-refractivity contribution in [1.82, 2.24) is 4.90 Å². The number of nitrogens with zero attached hydrogens (tertiary/aromatic N) is 1. The Morgan fingerprint density at radius 2 is 2.25 bits per heavy atom. The molecule has 1 aromatic rings. The van der Waals surface area contributed by atoms with Gasteiger partial charge in [0, 0.05) is 12.6 Å². The number of aromatic hydroxyl groups is 1. The Kier molecular flexibility index (Phi) is 3.83. The van der Waals surface area contributed by atoms with E-state index >= 15 is 0 Å². The third-order valence-corrected chi connectivity index (χ3v) is 3.54. The lowest BCUT2D eigenvalue weighted by Crippen LogP contribution is -2.38. The van der Waals surface area contributed by atoms with E-state index in [9.17, 15) is 5.11 Å². The van der Waals surface area contributed by atoms with Crippen LogP contribution in [-0.2, 0) is 6.42 Å². The molecule has 1 fully saturated rings. The molecular weight excluding hydrogens is 198 g/mol. The summed E-state index contributed by atoms with van der Waals surface area (Å²) >= 11 is 0. The van der Waals surface area contributed by atoms with Gasteiger partial charge in [0.05, 0.1) is 0 Å². The van der Waals surface area contributed by atoms with Crippen LogP contribution in [-0.4, -0.2) is 29.1 Å². The fraction of sp³-hybridized carbons (Fsp3) is 0.571. The van der Waals surface area contributed by atoms with Crippen LogP contribution in [0.5, 0.6) is 5.75 Å². The van der Waals surface area contributed by atoms with Crippen molar-refractivity contribution in [2.75, 3.05) is 13.1 Å². The van der Waals surface area contributed by atoms with Gasteiger partial charge in [-0.25, -0.2) is 0 Å². The molecule has 16 heavy (non-hydrogen) atoms. The lowest BCUT2D eigenvalue weighted by atomic mass is 10.0. The number of piperidine rings is 1. The first-order chi connectivity index (χ1) is 7.75. The van der Waals surface area contributed by atoms with Gasteiger partial charge in [-0.1, -0.05) is 18.6 Å². The standard InChI is InChI=1S/C14H21NO/c1-12-5-2-3-9-15(12)10-8-13-6-4-7-14(16)11-13/h4,6-7,11-12,16H,2-3,5,8-10H2,1H3. The Labute approximate surface area is 97.9 Å². The van der Waals surface area contributed by atoms with E-state index in [1.54, 1.807) is 6.07 Å². The summed E-state index contributed by atoms with van der Waals surface area (Å²) in [5.74, 6) is 0.379. The molecule has 0 amide bonds. The van der Waals surface area contributed by atoms with Gasteiger partial charge in [0.1, 0.15) is 5.75 Å². The predicted molar refractivity (Wildman–Crippen MR) is 66.7 cm³/mol. The normalized spacial score (nSPS) is 22.2. The number of phenolic OH excluding ortho intramolecular Hbond substituents is 1. The molecule has 1 unspecified atom stereocenters. The fourth-order valence-electron chi connectivity index (χ4n) is 2.47. The molecule has 2 heteroatoms. The molecule has 1 heterocycles. The first kappa shape index (κ1) is 11.5. The van der Waals surface area contributed by atoms with E-state index in [0.717, 1.165) is 19.0 Å². The van der Waals surface area contributed by atoms with Crippen molar-refractivity contribution in [2.45, 2.75) is 38.6 Å². The Morgan fingerprint density at radius 3 is 3.00 bits per heavy atom. The zero-order valence-electron chi connectivity index (χ0n) is 10.0. The second-order valence-electron chi connectivity index (χ2n) is 4.80. The van der Waals surface area contributed by atoms with Crippen molar-refractivity contribution in [3.05, 3.63) is 29.8 Å². The molecule has 2 rings (SSSR count). The molecule has 88 valence electrons. The van der Waals surface area contributed by atoms with Crippen molar-refractivity contribution >= 4 is 0 Å². The number of likely N-dealkylation sites (tertiary alicyclic amines) is 1. The van der Waals surface area contributed by atoms with Crippen molar-refractivity contribution in [1.29, 1.82) is 0 Å². The average molecular weight is 219 g/mol. The molecule has 1 atom stereocenters. The Hall–Kier alpha value is -1.02. The lowest BCUT2D eigenvalue weighted by Gasteiger charge is -2.33. The van der Waals surface area contributed by atoms with Gasteiger partial charge >= 0.3 is 0 Å². The second-order valence-corrected chi connectivity index (χ2v) is 4.80. The van der Waals surface area contributed by atoms with Gasteiger partial charge in [0.15, 0.2) is 0 Å². The highest BCUT2D eigenvalue weighted by Crippen LogP contribution is 2.17. The van der Waals surface area contributed by atoms with Crippen LogP contribution in [0.1, 0.15) is 31.7 Å². The highest BCUT2D eigenvalue weighted by atomic mass is 16.3. The summed E-state index contributed by atoms with van der Waals surface area (Å²) in [4.78, 5) is 2.56. The summed E-state index contributed by atoms with van der Waals surface area (Å²) in [6.45, 7) is 4.67. The van der Waals surface area contributed by atoms with E-state index in [-0.39, 0.29) is 0 Å². The van der Waals surface area contributed by atoms with Gasteiger partial charge in [-0.3, -0.25) is 0 Å². The molecule has 1 saturated heterocycles. The minimum absolute atomic E-state index is 0.379. The third kappa shape index (κ3) is 2.99. The monoisotopic (exact) mass is 219 g/mol. The summed E-state index contributed by atoms with van der Waals surface area (Å²) in [6, 6.07) is 8.34. The van der Waals surface area contributed by atoms with Crippen LogP contribution in [0.25, 0.3) is 0 Å². The molecular formula is C14H21NO. The molecule has 0 aromatic heterocycles. The maximum Gasteiger partial charge on any atom is 0.115 e. The largest absolute Gasteiger partial charge is 0.508 e. The van der Waals surface area contributed by atoms with Gasteiger partial charge in [-0.15, -0.1) is 0 Å². The maximum absolute atomic E-state index is 9.39. The van der Waals surface area contributed by atoms with Crippen LogP contribution in [0.3, 0.4) is 0 Å². The minimum Gasteiger partial charge on any atom is -0.508 e. The summed E-state index contributed by atoms with van der Waals surface area (Å²) < 4.78 is 0. The topological polar surface area (TPSA) is 23.5 Å². The molecule has 1 aromatic carbocycles. The van der Waals surface area contributed by atoms with Gasteiger partial charge in [0.25, 0.3) is 0 Å². The molecule has 1 N–H and O–H groups in total. The summed E-state index contributed by atoms with van der Waals surface area (Å²) in [6.07, 6.45) is 5.09. The number of phenols is 1. The van der Waals surface area contributed by atoms with Crippen LogP contribution < -0.4 is 0 Å². The average Bonchev–Trinajstić information content (AvgIpc) is 2.28. The smallest absolute Gasteiger partial charge is 0.115 e. The van der Waals surface area contributed by atoms with E-state index in [2.05, 4.69) is 17.9 Å². The Bertz CT molecular complexity index is 337. The van der Waals surface area contributed by atoms with Crippen molar-refractivity contribution in [3.8, 4) is 5.75 Å². The van der Waals surface area contributed by atoms with Crippen LogP contribution in [0.15, 0.2) is 24.3 Å². The van der Waals surface area contributed by atoms with E-state index < -0.39 is 0 Å². The zero-order valence-corrected chi connectivity index (χ0v) is 10.0. The van der Waals surface area contributed by atoms with Gasteiger partial charge in [-0.05, 0) is 50.4 Å². The lowest BCUT2D eigenvalue weighted by molar-refractivity contribution is 0.163. The summed E-state index contributed by atoms with van der Waals surface area (Å²) in [5, 5.41) is 9.39. The Morgan fingerprint density at radius 1 is 1.38 bits per heavy atom. The summed E-state index contributed by atoms with van der Waals surface area (Å²) in [5.41, 5.74) is 1.23. The van der Waals surface area contributed by atoms with E-state index in [1.807, 2.05) is 12.1 Å². The van der Waals surface area contributed by atoms with E-state index in [0.29, 0.717) is 5.75 Å². The zero-order chi connectivity index (χ0) is 11.4. The number of hydrogen-bond acceptors (Lipinski definition) is 2. The quantitative estimate of drug-likeness (QED) is 0.845. The molecule has 2 nitrogen and oxygen atoms in total. The Balaban J connectivity index is 1.86. The van der Waals surface area contributed by atoms with Crippen LogP contribution in [0.4, 0.5) is 0 Å². The van der Waals surface area contributed by atoms with Crippen LogP contribution in [0.2, 0.25) is 0 Å². The van der Waals surface area contributed by atoms with E-state index in [4.69, 9.17) is 0 Å². The maximum atomic E-state index is 9.39. The van der Waals surface area contributed by atoms with Gasteiger partial charge in [0.2, 0.25) is 0 Å². The SMILES string of the molecule is CC1CCCCN1CCc1cccc(O)c1. The van der Waals surface area contributed by atoms with Gasteiger partial charge < -0.3 is 10.0 Å². The first-order valence-electron chi connectivity index (χ1n) is 6.27. The molecule has 0 radical (unpaired) electrons. The van der Waals surface area contributed by atoms with Gasteiger partial charge in [-0.2, -0.15) is 0 Å².